The molecule has 1 heterocycles. The lowest BCUT2D eigenvalue weighted by Crippen LogP contribution is -2.44. The summed E-state index contributed by atoms with van der Waals surface area (Å²) in [6.07, 6.45) is -4.27. The van der Waals surface area contributed by atoms with Gasteiger partial charge in [0.05, 0.1) is 13.2 Å². The van der Waals surface area contributed by atoms with Crippen molar-refractivity contribution in [3.05, 3.63) is 35.4 Å². The predicted molar refractivity (Wildman–Crippen MR) is 71.7 cm³/mol. The zero-order chi connectivity index (χ0) is 14.8. The Kier molecular flexibility index (Phi) is 4.70. The highest BCUT2D eigenvalue weighted by atomic mass is 19.4. The van der Waals surface area contributed by atoms with Gasteiger partial charge in [-0.2, -0.15) is 13.2 Å². The highest BCUT2D eigenvalue weighted by Crippen LogP contribution is 2.38. The van der Waals surface area contributed by atoms with Gasteiger partial charge in [0.1, 0.15) is 6.04 Å². The Hall–Kier alpha value is -1.07. The quantitative estimate of drug-likeness (QED) is 0.839. The van der Waals surface area contributed by atoms with E-state index in [-0.39, 0.29) is 5.92 Å². The molecule has 0 bridgehead atoms. The largest absolute Gasteiger partial charge is 0.408 e. The minimum Gasteiger partial charge on any atom is -0.379 e. The number of hydrogen-bond acceptors (Lipinski definition) is 2. The third-order valence-corrected chi connectivity index (χ3v) is 3.61. The van der Waals surface area contributed by atoms with E-state index in [0.29, 0.717) is 31.9 Å². The van der Waals surface area contributed by atoms with Crippen LogP contribution in [0.3, 0.4) is 0 Å². The molecule has 0 aliphatic carbocycles. The van der Waals surface area contributed by atoms with Gasteiger partial charge in [0, 0.05) is 13.1 Å². The molecule has 2 rings (SSSR count). The lowest BCUT2D eigenvalue weighted by atomic mass is 9.96. The van der Waals surface area contributed by atoms with Crippen molar-refractivity contribution in [3.63, 3.8) is 0 Å². The second-order valence-electron chi connectivity index (χ2n) is 5.42. The second-order valence-corrected chi connectivity index (χ2v) is 5.42. The first-order valence-electron chi connectivity index (χ1n) is 6.88. The minimum atomic E-state index is -4.27. The summed E-state index contributed by atoms with van der Waals surface area (Å²) in [6.45, 7) is 5.31. The number of hydrogen-bond donors (Lipinski definition) is 0. The average molecular weight is 287 g/mol. The summed E-state index contributed by atoms with van der Waals surface area (Å²) in [5.74, 6) is 0.216. The van der Waals surface area contributed by atoms with Crippen LogP contribution in [0.1, 0.15) is 36.9 Å². The Morgan fingerprint density at radius 2 is 1.70 bits per heavy atom. The fourth-order valence-corrected chi connectivity index (χ4v) is 2.53. The van der Waals surface area contributed by atoms with E-state index in [0.717, 1.165) is 5.56 Å². The number of nitrogens with zero attached hydrogens (tertiary/aromatic N) is 1. The van der Waals surface area contributed by atoms with Gasteiger partial charge in [-0.1, -0.05) is 38.1 Å². The maximum Gasteiger partial charge on any atom is 0.408 e. The molecule has 112 valence electrons. The fraction of sp³-hybridized carbons (Fsp3) is 0.600. The van der Waals surface area contributed by atoms with E-state index in [1.165, 1.54) is 4.90 Å². The molecular formula is C15H20F3NO. The van der Waals surface area contributed by atoms with Crippen LogP contribution in [0.5, 0.6) is 0 Å². The highest BCUT2D eigenvalue weighted by Gasteiger charge is 2.45. The molecule has 0 amide bonds. The molecule has 0 saturated carbocycles. The van der Waals surface area contributed by atoms with Crippen molar-refractivity contribution in [1.82, 2.24) is 4.90 Å². The number of ether oxygens (including phenoxy) is 1. The van der Waals surface area contributed by atoms with Crippen molar-refractivity contribution >= 4 is 0 Å². The minimum absolute atomic E-state index is 0.216. The first-order valence-corrected chi connectivity index (χ1v) is 6.88. The van der Waals surface area contributed by atoms with Crippen LogP contribution in [0.15, 0.2) is 24.3 Å². The smallest absolute Gasteiger partial charge is 0.379 e. The molecule has 20 heavy (non-hydrogen) atoms. The van der Waals surface area contributed by atoms with Crippen LogP contribution in [0.25, 0.3) is 0 Å². The molecule has 1 fully saturated rings. The molecule has 0 aromatic heterocycles. The van der Waals surface area contributed by atoms with E-state index in [2.05, 4.69) is 0 Å². The molecular weight excluding hydrogens is 267 g/mol. The van der Waals surface area contributed by atoms with Crippen molar-refractivity contribution in [2.24, 2.45) is 0 Å². The number of rotatable bonds is 3. The van der Waals surface area contributed by atoms with Crippen LogP contribution in [-0.2, 0) is 4.74 Å². The topological polar surface area (TPSA) is 12.5 Å². The molecule has 1 aliphatic heterocycles. The Bertz CT molecular complexity index is 439. The van der Waals surface area contributed by atoms with Gasteiger partial charge in [0.25, 0.3) is 0 Å². The molecule has 2 nitrogen and oxygen atoms in total. The summed E-state index contributed by atoms with van der Waals surface area (Å²) in [4.78, 5) is 1.46. The van der Waals surface area contributed by atoms with Crippen molar-refractivity contribution in [1.29, 1.82) is 0 Å². The predicted octanol–water partition coefficient (Wildman–Crippen LogP) is 3.75. The summed E-state index contributed by atoms with van der Waals surface area (Å²) in [7, 11) is 0. The summed E-state index contributed by atoms with van der Waals surface area (Å²) < 4.78 is 45.5. The molecule has 1 atom stereocenters. The summed E-state index contributed by atoms with van der Waals surface area (Å²) in [5, 5.41) is 0. The van der Waals surface area contributed by atoms with Gasteiger partial charge in [-0.05, 0) is 17.0 Å². The van der Waals surface area contributed by atoms with Crippen molar-refractivity contribution in [2.45, 2.75) is 32.0 Å². The first kappa shape index (κ1) is 15.3. The monoisotopic (exact) mass is 287 g/mol. The third kappa shape index (κ3) is 3.52. The Labute approximate surface area is 117 Å². The fourth-order valence-electron chi connectivity index (χ4n) is 2.53. The van der Waals surface area contributed by atoms with Gasteiger partial charge in [-0.15, -0.1) is 0 Å². The van der Waals surface area contributed by atoms with Crippen LogP contribution in [0.2, 0.25) is 0 Å². The van der Waals surface area contributed by atoms with Crippen LogP contribution in [0.4, 0.5) is 13.2 Å². The lowest BCUT2D eigenvalue weighted by Gasteiger charge is -2.36. The molecule has 1 aromatic rings. The summed E-state index contributed by atoms with van der Waals surface area (Å²) in [5.41, 5.74) is 1.26. The zero-order valence-electron chi connectivity index (χ0n) is 11.8. The molecule has 1 aromatic carbocycles. The number of alkyl halides is 3. The number of morpholine rings is 1. The van der Waals surface area contributed by atoms with Gasteiger partial charge in [-0.3, -0.25) is 4.90 Å². The SMILES string of the molecule is CC(C)c1cccc(C(N2CCOCC2)C(F)(F)F)c1. The summed E-state index contributed by atoms with van der Waals surface area (Å²) >= 11 is 0. The molecule has 0 spiro atoms. The van der Waals surface area contributed by atoms with Gasteiger partial charge < -0.3 is 4.74 Å². The third-order valence-electron chi connectivity index (χ3n) is 3.61. The van der Waals surface area contributed by atoms with Crippen molar-refractivity contribution < 1.29 is 17.9 Å². The van der Waals surface area contributed by atoms with Gasteiger partial charge >= 0.3 is 6.18 Å². The van der Waals surface area contributed by atoms with Crippen molar-refractivity contribution in [2.75, 3.05) is 26.3 Å². The van der Waals surface area contributed by atoms with E-state index in [9.17, 15) is 13.2 Å². The Morgan fingerprint density at radius 1 is 1.10 bits per heavy atom. The molecule has 1 unspecified atom stereocenters. The number of halogens is 3. The maximum absolute atomic E-state index is 13.4. The number of benzene rings is 1. The van der Waals surface area contributed by atoms with Crippen LogP contribution in [-0.4, -0.2) is 37.4 Å². The van der Waals surface area contributed by atoms with Gasteiger partial charge in [0.2, 0.25) is 0 Å². The molecule has 0 radical (unpaired) electrons. The van der Waals surface area contributed by atoms with Gasteiger partial charge in [0.15, 0.2) is 0 Å². The van der Waals surface area contributed by atoms with E-state index < -0.39 is 12.2 Å². The molecule has 1 saturated heterocycles. The van der Waals surface area contributed by atoms with Crippen LogP contribution in [0, 0.1) is 0 Å². The molecule has 0 N–H and O–H groups in total. The maximum atomic E-state index is 13.4. The second kappa shape index (κ2) is 6.14. The zero-order valence-corrected chi connectivity index (χ0v) is 11.8. The van der Waals surface area contributed by atoms with E-state index in [1.807, 2.05) is 19.9 Å². The van der Waals surface area contributed by atoms with Crippen LogP contribution < -0.4 is 0 Å². The lowest BCUT2D eigenvalue weighted by molar-refractivity contribution is -0.194. The van der Waals surface area contributed by atoms with Crippen LogP contribution >= 0.6 is 0 Å². The Morgan fingerprint density at radius 3 is 2.25 bits per heavy atom. The standard InChI is InChI=1S/C15H20F3NO/c1-11(2)12-4-3-5-13(10-12)14(15(16,17)18)19-6-8-20-9-7-19/h3-5,10-11,14H,6-9H2,1-2H3. The molecule has 1 aliphatic rings. The summed E-state index contributed by atoms with van der Waals surface area (Å²) in [6, 6.07) is 5.30. The van der Waals surface area contributed by atoms with Gasteiger partial charge in [-0.25, -0.2) is 0 Å². The van der Waals surface area contributed by atoms with Crippen molar-refractivity contribution in [3.8, 4) is 0 Å². The van der Waals surface area contributed by atoms with E-state index in [4.69, 9.17) is 4.74 Å². The average Bonchev–Trinajstić information content (AvgIpc) is 2.39. The highest BCUT2D eigenvalue weighted by molar-refractivity contribution is 5.29. The van der Waals surface area contributed by atoms with E-state index >= 15 is 0 Å². The first-order chi connectivity index (χ1) is 9.39. The van der Waals surface area contributed by atoms with E-state index in [1.54, 1.807) is 18.2 Å². The normalized spacial score (nSPS) is 19.3. The molecule has 5 heteroatoms. The Balaban J connectivity index is 2.33.